The molecule has 0 aromatic heterocycles. The van der Waals surface area contributed by atoms with Gasteiger partial charge in [-0.05, 0) is 38.0 Å². The third kappa shape index (κ3) is 5.71. The summed E-state index contributed by atoms with van der Waals surface area (Å²) in [7, 11) is 0. The van der Waals surface area contributed by atoms with Crippen LogP contribution in [0.4, 0.5) is 0 Å². The van der Waals surface area contributed by atoms with Gasteiger partial charge < -0.3 is 15.7 Å². The minimum absolute atomic E-state index is 0.178. The van der Waals surface area contributed by atoms with Gasteiger partial charge in [-0.25, -0.2) is 0 Å². The molecule has 1 atom stereocenters. The Hall–Kier alpha value is -0.260. The maximum Gasteiger partial charge on any atom is 0.227 e. The second-order valence-corrected chi connectivity index (χ2v) is 6.48. The molecule has 0 radical (unpaired) electrons. The van der Waals surface area contributed by atoms with E-state index < -0.39 is 0 Å². The number of hydrogen-bond acceptors (Lipinski definition) is 4. The van der Waals surface area contributed by atoms with Gasteiger partial charge in [0.05, 0.1) is 5.41 Å². The lowest BCUT2D eigenvalue weighted by atomic mass is 9.76. The van der Waals surface area contributed by atoms with Crippen LogP contribution < -0.4 is 10.6 Å². The zero-order chi connectivity index (χ0) is 14.0. The molecule has 0 bridgehead atoms. The van der Waals surface area contributed by atoms with E-state index in [1.54, 1.807) is 11.8 Å². The summed E-state index contributed by atoms with van der Waals surface area (Å²) in [5.74, 6) is 2.12. The number of aliphatic hydroxyl groups is 1. The van der Waals surface area contributed by atoms with Crippen molar-refractivity contribution in [1.82, 2.24) is 10.6 Å². The third-order valence-electron chi connectivity index (χ3n) is 3.66. The Morgan fingerprint density at radius 1 is 1.47 bits per heavy atom. The lowest BCUT2D eigenvalue weighted by Crippen LogP contribution is -2.50. The standard InChI is InChI=1S/C14H28N2O2S/c1-2-5-14(6-3-7-15-12-14)13(18)16-8-11-19-10-4-9-17/h15,17H,2-12H2,1H3,(H,16,18). The van der Waals surface area contributed by atoms with Crippen LogP contribution in [0.15, 0.2) is 0 Å². The highest BCUT2D eigenvalue weighted by atomic mass is 32.2. The normalized spacial score (nSPS) is 23.3. The summed E-state index contributed by atoms with van der Waals surface area (Å²) in [5, 5.41) is 15.1. The maximum atomic E-state index is 12.4. The fourth-order valence-corrected chi connectivity index (χ4v) is 3.44. The summed E-state index contributed by atoms with van der Waals surface area (Å²) < 4.78 is 0. The predicted octanol–water partition coefficient (Wildman–Crippen LogP) is 1.39. The van der Waals surface area contributed by atoms with Gasteiger partial charge in [-0.1, -0.05) is 13.3 Å². The lowest BCUT2D eigenvalue weighted by molar-refractivity contribution is -0.132. The van der Waals surface area contributed by atoms with Crippen molar-refractivity contribution in [3.63, 3.8) is 0 Å². The molecule has 1 rings (SSSR count). The van der Waals surface area contributed by atoms with Gasteiger partial charge in [0.1, 0.15) is 0 Å². The molecule has 0 saturated carbocycles. The number of hydrogen-bond donors (Lipinski definition) is 3. The number of carbonyl (C=O) groups is 1. The van der Waals surface area contributed by atoms with E-state index in [1.165, 1.54) is 0 Å². The summed E-state index contributed by atoms with van der Waals surface area (Å²) >= 11 is 1.79. The summed E-state index contributed by atoms with van der Waals surface area (Å²) in [6.45, 7) is 5.00. The van der Waals surface area contributed by atoms with Gasteiger partial charge in [-0.15, -0.1) is 0 Å². The van der Waals surface area contributed by atoms with Crippen molar-refractivity contribution < 1.29 is 9.90 Å². The Bertz CT molecular complexity index is 250. The molecule has 1 heterocycles. The molecule has 1 aliphatic heterocycles. The number of nitrogens with one attached hydrogen (secondary N) is 2. The summed E-state index contributed by atoms with van der Waals surface area (Å²) in [4.78, 5) is 12.4. The Morgan fingerprint density at radius 3 is 2.95 bits per heavy atom. The smallest absolute Gasteiger partial charge is 0.227 e. The third-order valence-corrected chi connectivity index (χ3v) is 4.73. The molecular weight excluding hydrogens is 260 g/mol. The van der Waals surface area contributed by atoms with Crippen LogP contribution in [0, 0.1) is 5.41 Å². The minimum Gasteiger partial charge on any atom is -0.396 e. The van der Waals surface area contributed by atoms with Gasteiger partial charge in [-0.2, -0.15) is 11.8 Å². The summed E-state index contributed by atoms with van der Waals surface area (Å²) in [6.07, 6.45) is 4.97. The number of amides is 1. The Morgan fingerprint density at radius 2 is 2.32 bits per heavy atom. The van der Waals surface area contributed by atoms with Crippen LogP contribution >= 0.6 is 11.8 Å². The van der Waals surface area contributed by atoms with E-state index in [0.29, 0.717) is 0 Å². The van der Waals surface area contributed by atoms with Crippen LogP contribution in [-0.2, 0) is 4.79 Å². The molecule has 1 saturated heterocycles. The lowest BCUT2D eigenvalue weighted by Gasteiger charge is -2.36. The monoisotopic (exact) mass is 288 g/mol. The molecule has 1 unspecified atom stereocenters. The first-order chi connectivity index (χ1) is 9.25. The van der Waals surface area contributed by atoms with Gasteiger partial charge in [0.15, 0.2) is 0 Å². The van der Waals surface area contributed by atoms with E-state index in [0.717, 1.165) is 63.2 Å². The molecule has 3 N–H and O–H groups in total. The first-order valence-corrected chi connectivity index (χ1v) is 8.58. The number of carbonyl (C=O) groups excluding carboxylic acids is 1. The average molecular weight is 288 g/mol. The van der Waals surface area contributed by atoms with Crippen molar-refractivity contribution in [1.29, 1.82) is 0 Å². The molecule has 0 aromatic rings. The molecule has 1 aliphatic rings. The van der Waals surface area contributed by atoms with Gasteiger partial charge >= 0.3 is 0 Å². The second-order valence-electron chi connectivity index (χ2n) is 5.26. The minimum atomic E-state index is -0.178. The maximum absolute atomic E-state index is 12.4. The molecule has 112 valence electrons. The van der Waals surface area contributed by atoms with Crippen molar-refractivity contribution in [2.24, 2.45) is 5.41 Å². The van der Waals surface area contributed by atoms with Gasteiger partial charge in [0.25, 0.3) is 0 Å². The van der Waals surface area contributed by atoms with Crippen LogP contribution in [0.1, 0.15) is 39.0 Å². The topological polar surface area (TPSA) is 61.4 Å². The van der Waals surface area contributed by atoms with Crippen molar-refractivity contribution in [2.45, 2.75) is 39.0 Å². The Kier molecular flexibility index (Phi) is 8.50. The van der Waals surface area contributed by atoms with E-state index >= 15 is 0 Å². The van der Waals surface area contributed by atoms with E-state index in [2.05, 4.69) is 17.6 Å². The zero-order valence-electron chi connectivity index (χ0n) is 12.0. The molecular formula is C14H28N2O2S. The number of rotatable bonds is 9. The summed E-state index contributed by atoms with van der Waals surface area (Å²) in [6, 6.07) is 0. The van der Waals surface area contributed by atoms with E-state index in [4.69, 9.17) is 5.11 Å². The van der Waals surface area contributed by atoms with Crippen molar-refractivity contribution in [3.8, 4) is 0 Å². The van der Waals surface area contributed by atoms with Crippen molar-refractivity contribution in [2.75, 3.05) is 37.7 Å². The van der Waals surface area contributed by atoms with Gasteiger partial charge in [0, 0.05) is 25.4 Å². The molecule has 1 fully saturated rings. The van der Waals surface area contributed by atoms with Crippen LogP contribution in [0.3, 0.4) is 0 Å². The number of piperidine rings is 1. The first-order valence-electron chi connectivity index (χ1n) is 7.43. The SMILES string of the molecule is CCCC1(C(=O)NCCSCCCO)CCCNC1. The first kappa shape index (κ1) is 16.8. The molecule has 0 aromatic carbocycles. The van der Waals surface area contributed by atoms with E-state index in [1.807, 2.05) is 0 Å². The molecule has 5 heteroatoms. The van der Waals surface area contributed by atoms with Gasteiger partial charge in [-0.3, -0.25) is 4.79 Å². The van der Waals surface area contributed by atoms with Crippen LogP contribution in [0.5, 0.6) is 0 Å². The quantitative estimate of drug-likeness (QED) is 0.561. The molecule has 1 amide bonds. The number of aliphatic hydroxyl groups excluding tert-OH is 1. The largest absolute Gasteiger partial charge is 0.396 e. The Balaban J connectivity index is 2.28. The van der Waals surface area contributed by atoms with Crippen molar-refractivity contribution in [3.05, 3.63) is 0 Å². The van der Waals surface area contributed by atoms with Gasteiger partial charge in [0.2, 0.25) is 5.91 Å². The average Bonchev–Trinajstić information content (AvgIpc) is 2.44. The number of thioether (sulfide) groups is 1. The highest BCUT2D eigenvalue weighted by Crippen LogP contribution is 2.31. The molecule has 0 aliphatic carbocycles. The predicted molar refractivity (Wildman–Crippen MR) is 81.5 cm³/mol. The molecule has 19 heavy (non-hydrogen) atoms. The zero-order valence-corrected chi connectivity index (χ0v) is 12.9. The van der Waals surface area contributed by atoms with Crippen molar-refractivity contribution >= 4 is 17.7 Å². The molecule has 4 nitrogen and oxygen atoms in total. The van der Waals surface area contributed by atoms with Crippen LogP contribution in [-0.4, -0.2) is 48.8 Å². The second kappa shape index (κ2) is 9.61. The fraction of sp³-hybridized carbons (Fsp3) is 0.929. The van der Waals surface area contributed by atoms with E-state index in [9.17, 15) is 4.79 Å². The van der Waals surface area contributed by atoms with Crippen LogP contribution in [0.2, 0.25) is 0 Å². The molecule has 0 spiro atoms. The fourth-order valence-electron chi connectivity index (χ4n) is 2.66. The Labute approximate surface area is 121 Å². The van der Waals surface area contributed by atoms with Crippen LogP contribution in [0.25, 0.3) is 0 Å². The summed E-state index contributed by atoms with van der Waals surface area (Å²) in [5.41, 5.74) is -0.178. The van der Waals surface area contributed by atoms with E-state index in [-0.39, 0.29) is 17.9 Å². The highest BCUT2D eigenvalue weighted by molar-refractivity contribution is 7.99. The highest BCUT2D eigenvalue weighted by Gasteiger charge is 2.38.